The van der Waals surface area contributed by atoms with Crippen LogP contribution in [0.1, 0.15) is 35.9 Å². The van der Waals surface area contributed by atoms with Crippen molar-refractivity contribution in [2.75, 3.05) is 46.7 Å². The second kappa shape index (κ2) is 11.1. The van der Waals surface area contributed by atoms with E-state index < -0.39 is 11.5 Å². The Hall–Kier alpha value is -1.71. The lowest BCUT2D eigenvalue weighted by Crippen LogP contribution is -2.49. The van der Waals surface area contributed by atoms with Crippen LogP contribution in [0.3, 0.4) is 0 Å². The predicted molar refractivity (Wildman–Crippen MR) is 134 cm³/mol. The lowest BCUT2D eigenvalue weighted by molar-refractivity contribution is -0.139. The molecule has 4 rings (SSSR count). The topological polar surface area (TPSA) is 66.0 Å². The molecule has 3 unspecified atom stereocenters. The quantitative estimate of drug-likeness (QED) is 0.216. The first-order valence-electron chi connectivity index (χ1n) is 11.5. The minimum atomic E-state index is -0.642. The van der Waals surface area contributed by atoms with Crippen LogP contribution in [0.25, 0.3) is 0 Å². The van der Waals surface area contributed by atoms with Crippen molar-refractivity contribution in [1.82, 2.24) is 5.32 Å². The van der Waals surface area contributed by atoms with E-state index >= 15 is 0 Å². The van der Waals surface area contributed by atoms with Crippen molar-refractivity contribution in [3.05, 3.63) is 63.9 Å². The minimum absolute atomic E-state index is 0.0129. The van der Waals surface area contributed by atoms with E-state index in [9.17, 15) is 9.18 Å². The first-order chi connectivity index (χ1) is 16.9. The molecular weight excluding hydrogens is 541 g/mol. The molecule has 2 aromatic rings. The third kappa shape index (κ3) is 5.67. The summed E-state index contributed by atoms with van der Waals surface area (Å²) in [5, 5.41) is 3.18. The van der Waals surface area contributed by atoms with Gasteiger partial charge >= 0.3 is 0 Å². The Morgan fingerprint density at radius 1 is 1.26 bits per heavy atom. The third-order valence-electron chi connectivity index (χ3n) is 6.96. The maximum atomic E-state index is 14.0. The van der Waals surface area contributed by atoms with Crippen LogP contribution in [0, 0.1) is 16.6 Å². The molecule has 1 heterocycles. The van der Waals surface area contributed by atoms with Gasteiger partial charge in [0.2, 0.25) is 5.91 Å². The van der Waals surface area contributed by atoms with Crippen molar-refractivity contribution in [2.45, 2.75) is 24.8 Å². The Kier molecular flexibility index (Phi) is 8.38. The van der Waals surface area contributed by atoms with Gasteiger partial charge < -0.3 is 24.3 Å². The summed E-state index contributed by atoms with van der Waals surface area (Å²) in [6, 6.07) is 11.6. The molecule has 2 aromatic carbocycles. The van der Waals surface area contributed by atoms with Gasteiger partial charge in [-0.2, -0.15) is 0 Å². The van der Waals surface area contributed by atoms with Crippen molar-refractivity contribution in [1.29, 1.82) is 0 Å². The number of benzene rings is 2. The van der Waals surface area contributed by atoms with Gasteiger partial charge in [-0.05, 0) is 70.1 Å². The van der Waals surface area contributed by atoms with Crippen LogP contribution in [-0.4, -0.2) is 52.6 Å². The average molecular weight is 571 g/mol. The summed E-state index contributed by atoms with van der Waals surface area (Å²) < 4.78 is 36.0. The SMILES string of the molecule is COCOCC(NC(=O)C1(CC2(CCl)COC2)CC1c1ccc(Br)c(OC)c1)c1ccc(F)cc1. The molecule has 2 aliphatic rings. The Bertz CT molecular complexity index is 1030. The lowest BCUT2D eigenvalue weighted by Gasteiger charge is -2.42. The van der Waals surface area contributed by atoms with Crippen LogP contribution >= 0.6 is 27.5 Å². The van der Waals surface area contributed by atoms with Gasteiger partial charge in [0.1, 0.15) is 18.4 Å². The minimum Gasteiger partial charge on any atom is -0.496 e. The summed E-state index contributed by atoms with van der Waals surface area (Å²) in [6.45, 7) is 1.37. The van der Waals surface area contributed by atoms with E-state index in [0.29, 0.717) is 31.9 Å². The number of rotatable bonds is 12. The Labute approximate surface area is 218 Å². The van der Waals surface area contributed by atoms with Gasteiger partial charge in [0.25, 0.3) is 0 Å². The molecular formula is C26H30BrClFNO5. The summed E-state index contributed by atoms with van der Waals surface area (Å²) >= 11 is 9.86. The maximum Gasteiger partial charge on any atom is 0.227 e. The molecule has 1 saturated heterocycles. The van der Waals surface area contributed by atoms with Gasteiger partial charge in [-0.25, -0.2) is 4.39 Å². The van der Waals surface area contributed by atoms with Crippen LogP contribution in [0.5, 0.6) is 5.75 Å². The van der Waals surface area contributed by atoms with Crippen LogP contribution in [0.2, 0.25) is 0 Å². The van der Waals surface area contributed by atoms with E-state index in [0.717, 1.165) is 21.3 Å². The number of halogens is 3. The molecule has 0 aromatic heterocycles. The average Bonchev–Trinajstić information content (AvgIpc) is 3.57. The first kappa shape index (κ1) is 26.4. The Morgan fingerprint density at radius 2 is 2.00 bits per heavy atom. The Balaban J connectivity index is 1.61. The van der Waals surface area contributed by atoms with Crippen molar-refractivity contribution < 1.29 is 28.1 Å². The fourth-order valence-corrected chi connectivity index (χ4v) is 5.57. The number of hydrogen-bond acceptors (Lipinski definition) is 5. The van der Waals surface area contributed by atoms with E-state index in [4.69, 9.17) is 30.5 Å². The number of hydrogen-bond donors (Lipinski definition) is 1. The van der Waals surface area contributed by atoms with Crippen molar-refractivity contribution in [3.8, 4) is 5.75 Å². The van der Waals surface area contributed by atoms with Gasteiger partial charge in [-0.15, -0.1) is 11.6 Å². The third-order valence-corrected chi connectivity index (χ3v) is 8.18. The fraction of sp³-hybridized carbons (Fsp3) is 0.500. The van der Waals surface area contributed by atoms with Crippen molar-refractivity contribution in [2.24, 2.45) is 10.8 Å². The number of amides is 1. The number of methoxy groups -OCH3 is 2. The fourth-order valence-electron chi connectivity index (χ4n) is 4.92. The lowest BCUT2D eigenvalue weighted by atomic mass is 9.75. The summed E-state index contributed by atoms with van der Waals surface area (Å²) in [5.74, 6) is 0.750. The van der Waals surface area contributed by atoms with Gasteiger partial charge in [0.15, 0.2) is 0 Å². The maximum absolute atomic E-state index is 14.0. The van der Waals surface area contributed by atoms with E-state index in [2.05, 4.69) is 21.2 Å². The molecule has 6 nitrogen and oxygen atoms in total. The van der Waals surface area contributed by atoms with Gasteiger partial charge in [0.05, 0.1) is 42.9 Å². The summed E-state index contributed by atoms with van der Waals surface area (Å²) in [7, 11) is 3.16. The van der Waals surface area contributed by atoms with Gasteiger partial charge in [0, 0.05) is 18.4 Å². The molecule has 1 amide bonds. The van der Waals surface area contributed by atoms with E-state index in [1.165, 1.54) is 19.2 Å². The molecule has 2 fully saturated rings. The van der Waals surface area contributed by atoms with E-state index in [-0.39, 0.29) is 36.5 Å². The number of ether oxygens (including phenoxy) is 4. The highest BCUT2D eigenvalue weighted by Crippen LogP contribution is 2.65. The van der Waals surface area contributed by atoms with Crippen LogP contribution in [0.15, 0.2) is 46.9 Å². The number of nitrogens with one attached hydrogen (secondary N) is 1. The smallest absolute Gasteiger partial charge is 0.227 e. The van der Waals surface area contributed by atoms with Crippen molar-refractivity contribution in [3.63, 3.8) is 0 Å². The largest absolute Gasteiger partial charge is 0.496 e. The monoisotopic (exact) mass is 569 g/mol. The molecule has 35 heavy (non-hydrogen) atoms. The molecule has 3 atom stereocenters. The molecule has 9 heteroatoms. The van der Waals surface area contributed by atoms with Crippen LogP contribution in [0.4, 0.5) is 4.39 Å². The second-order valence-electron chi connectivity index (χ2n) is 9.46. The number of alkyl halides is 1. The van der Waals surface area contributed by atoms with E-state index in [1.807, 2.05) is 18.2 Å². The summed E-state index contributed by atoms with van der Waals surface area (Å²) in [4.78, 5) is 14.0. The predicted octanol–water partition coefficient (Wildman–Crippen LogP) is 5.19. The first-order valence-corrected chi connectivity index (χ1v) is 12.8. The number of carbonyl (C=O) groups is 1. The molecule has 1 saturated carbocycles. The molecule has 0 radical (unpaired) electrons. The van der Waals surface area contributed by atoms with Crippen LogP contribution < -0.4 is 10.1 Å². The highest BCUT2D eigenvalue weighted by atomic mass is 79.9. The van der Waals surface area contributed by atoms with E-state index in [1.54, 1.807) is 19.2 Å². The molecule has 1 N–H and O–H groups in total. The Morgan fingerprint density at radius 3 is 2.60 bits per heavy atom. The molecule has 0 bridgehead atoms. The van der Waals surface area contributed by atoms with Crippen LogP contribution in [-0.2, 0) is 19.0 Å². The summed E-state index contributed by atoms with van der Waals surface area (Å²) in [5.41, 5.74) is 0.925. The molecule has 190 valence electrons. The highest BCUT2D eigenvalue weighted by Gasteiger charge is 2.64. The zero-order valence-corrected chi connectivity index (χ0v) is 22.2. The molecule has 1 aliphatic heterocycles. The normalized spacial score (nSPS) is 23.3. The zero-order valence-electron chi connectivity index (χ0n) is 19.8. The molecule has 0 spiro atoms. The molecule has 1 aliphatic carbocycles. The zero-order chi connectivity index (χ0) is 25.1. The summed E-state index contributed by atoms with van der Waals surface area (Å²) in [6.07, 6.45) is 1.31. The second-order valence-corrected chi connectivity index (χ2v) is 10.6. The number of carbonyl (C=O) groups excluding carboxylic acids is 1. The highest BCUT2D eigenvalue weighted by molar-refractivity contribution is 9.10. The van der Waals surface area contributed by atoms with Crippen molar-refractivity contribution >= 4 is 33.4 Å². The van der Waals surface area contributed by atoms with Gasteiger partial charge in [-0.1, -0.05) is 18.2 Å². The van der Waals surface area contributed by atoms with Gasteiger partial charge in [-0.3, -0.25) is 4.79 Å². The standard InChI is InChI=1S/C26H30BrClFNO5/c1-32-16-34-11-22(17-3-6-19(29)7-4-17)30-24(31)26(12-25(13-28)14-35-15-25)10-20(26)18-5-8-21(27)23(9-18)33-2/h3-9,20,22H,10-16H2,1-2H3,(H,30,31).